The van der Waals surface area contributed by atoms with Crippen LogP contribution in [0.4, 0.5) is 0 Å². The van der Waals surface area contributed by atoms with Gasteiger partial charge in [0, 0.05) is 25.9 Å². The maximum atomic E-state index is 6.97. The molecule has 0 saturated heterocycles. The molecule has 0 bridgehead atoms. The van der Waals surface area contributed by atoms with Gasteiger partial charge in [0.2, 0.25) is 5.70 Å². The summed E-state index contributed by atoms with van der Waals surface area (Å²) >= 11 is 0. The molecule has 0 N–H and O–H groups in total. The molecule has 0 unspecified atom stereocenters. The minimum absolute atomic E-state index is 0.472. The Kier molecular flexibility index (Phi) is 2.70. The number of hydrogen-bond donors (Lipinski definition) is 0. The summed E-state index contributed by atoms with van der Waals surface area (Å²) in [6, 6.07) is 0. The Balaban J connectivity index is 3.07. The third-order valence-electron chi connectivity index (χ3n) is 1.48. The lowest BCUT2D eigenvalue weighted by Gasteiger charge is -2.04. The fraction of sp³-hybridized carbons (Fsp3) is 0.333. The van der Waals surface area contributed by atoms with Crippen LogP contribution in [0.25, 0.3) is 10.5 Å². The van der Waals surface area contributed by atoms with E-state index >= 15 is 0 Å². The van der Waals surface area contributed by atoms with Gasteiger partial charge in [-0.05, 0) is 6.92 Å². The van der Waals surface area contributed by atoms with E-state index in [0.717, 1.165) is 5.56 Å². The molecule has 0 aromatic carbocycles. The lowest BCUT2D eigenvalue weighted by Crippen LogP contribution is -2.01. The van der Waals surface area contributed by atoms with Gasteiger partial charge in [-0.3, -0.25) is 0 Å². The maximum absolute atomic E-state index is 6.97. The highest BCUT2D eigenvalue weighted by atomic mass is 16.5. The van der Waals surface area contributed by atoms with Crippen LogP contribution in [0.2, 0.25) is 0 Å². The Morgan fingerprint density at radius 1 is 1.69 bits per heavy atom. The van der Waals surface area contributed by atoms with E-state index in [9.17, 15) is 0 Å². The molecule has 4 nitrogen and oxygen atoms in total. The number of rotatable bonds is 2. The maximum Gasteiger partial charge on any atom is 0.247 e. The second-order valence-electron chi connectivity index (χ2n) is 2.93. The Bertz CT molecular complexity index is 357. The quantitative estimate of drug-likeness (QED) is 0.645. The first-order chi connectivity index (χ1) is 6.15. The van der Waals surface area contributed by atoms with Gasteiger partial charge in [-0.1, -0.05) is 5.16 Å². The zero-order chi connectivity index (χ0) is 9.84. The summed E-state index contributed by atoms with van der Waals surface area (Å²) in [7, 11) is 3.72. The van der Waals surface area contributed by atoms with Crippen LogP contribution in [-0.2, 0) is 0 Å². The number of aryl methyl sites for hydroxylation is 1. The first-order valence-corrected chi connectivity index (χ1v) is 3.82. The van der Waals surface area contributed by atoms with E-state index < -0.39 is 0 Å². The highest BCUT2D eigenvalue weighted by Crippen LogP contribution is 2.19. The number of aromatic nitrogens is 1. The van der Waals surface area contributed by atoms with Crippen molar-refractivity contribution < 1.29 is 4.52 Å². The zero-order valence-corrected chi connectivity index (χ0v) is 7.90. The molecule has 4 heteroatoms. The average Bonchev–Trinajstić information content (AvgIpc) is 2.47. The van der Waals surface area contributed by atoms with E-state index in [-0.39, 0.29) is 0 Å². The molecule has 0 aliphatic rings. The summed E-state index contributed by atoms with van der Waals surface area (Å²) in [5, 5.41) is 3.62. The first-order valence-electron chi connectivity index (χ1n) is 3.82. The summed E-state index contributed by atoms with van der Waals surface area (Å²) in [5.41, 5.74) is 1.35. The highest BCUT2D eigenvalue weighted by Gasteiger charge is 2.10. The van der Waals surface area contributed by atoms with Gasteiger partial charge in [0.1, 0.15) is 0 Å². The lowest BCUT2D eigenvalue weighted by molar-refractivity contribution is 0.409. The number of nitrogens with zero attached hydrogens (tertiary/aromatic N) is 3. The van der Waals surface area contributed by atoms with Crippen molar-refractivity contribution in [3.05, 3.63) is 35.1 Å². The standard InChI is InChI=1S/C9H11N3O/c1-7-5-11-13-9(7)8(10-2)6-12(3)4/h5-6H,1,3-4H3/b8-6-. The minimum Gasteiger partial charge on any atom is -0.393 e. The van der Waals surface area contributed by atoms with Crippen molar-refractivity contribution in [2.45, 2.75) is 6.92 Å². The molecule has 1 aromatic rings. The molecular formula is C9H11N3O. The molecule has 0 radical (unpaired) electrons. The molecule has 68 valence electrons. The van der Waals surface area contributed by atoms with Crippen LogP contribution < -0.4 is 0 Å². The third-order valence-corrected chi connectivity index (χ3v) is 1.48. The van der Waals surface area contributed by atoms with E-state index in [0.29, 0.717) is 11.5 Å². The van der Waals surface area contributed by atoms with Crippen molar-refractivity contribution in [1.82, 2.24) is 10.1 Å². The summed E-state index contributed by atoms with van der Waals surface area (Å²) < 4.78 is 4.96. The molecular weight excluding hydrogens is 166 g/mol. The highest BCUT2D eigenvalue weighted by molar-refractivity contribution is 5.68. The van der Waals surface area contributed by atoms with Crippen LogP contribution in [0.15, 0.2) is 16.9 Å². The molecule has 0 aliphatic carbocycles. The fourth-order valence-electron chi connectivity index (χ4n) is 0.920. The zero-order valence-electron chi connectivity index (χ0n) is 7.90. The lowest BCUT2D eigenvalue weighted by atomic mass is 10.2. The largest absolute Gasteiger partial charge is 0.393 e. The van der Waals surface area contributed by atoms with Gasteiger partial charge in [-0.15, -0.1) is 0 Å². The summed E-state index contributed by atoms with van der Waals surface area (Å²) in [6.07, 6.45) is 3.31. The van der Waals surface area contributed by atoms with Crippen LogP contribution in [0, 0.1) is 13.5 Å². The Labute approximate surface area is 77.3 Å². The molecule has 0 aliphatic heterocycles. The smallest absolute Gasteiger partial charge is 0.247 e. The predicted molar refractivity (Wildman–Crippen MR) is 49.5 cm³/mol. The molecule has 13 heavy (non-hydrogen) atoms. The van der Waals surface area contributed by atoms with Crippen LogP contribution in [-0.4, -0.2) is 24.2 Å². The topological polar surface area (TPSA) is 33.6 Å². The second kappa shape index (κ2) is 3.76. The van der Waals surface area contributed by atoms with Gasteiger partial charge >= 0.3 is 0 Å². The SMILES string of the molecule is [C-]#[N+]/C(=C\N(C)C)c1oncc1C. The first kappa shape index (κ1) is 9.33. The van der Waals surface area contributed by atoms with Crippen LogP contribution in [0.1, 0.15) is 11.3 Å². The monoisotopic (exact) mass is 177 g/mol. The molecule has 1 heterocycles. The second-order valence-corrected chi connectivity index (χ2v) is 2.93. The molecule has 0 atom stereocenters. The molecule has 1 aromatic heterocycles. The molecule has 1 rings (SSSR count). The van der Waals surface area contributed by atoms with E-state index in [1.54, 1.807) is 17.3 Å². The minimum atomic E-state index is 0.472. The third kappa shape index (κ3) is 2.09. The van der Waals surface area contributed by atoms with Gasteiger partial charge in [0.05, 0.1) is 12.8 Å². The van der Waals surface area contributed by atoms with Gasteiger partial charge in [0.25, 0.3) is 0 Å². The van der Waals surface area contributed by atoms with Gasteiger partial charge < -0.3 is 9.42 Å². The Morgan fingerprint density at radius 2 is 2.38 bits per heavy atom. The Hall–Kier alpha value is -1.76. The normalized spacial score (nSPS) is 11.1. The van der Waals surface area contributed by atoms with Crippen molar-refractivity contribution in [2.24, 2.45) is 0 Å². The van der Waals surface area contributed by atoms with Gasteiger partial charge in [0.15, 0.2) is 5.76 Å². The van der Waals surface area contributed by atoms with E-state index in [2.05, 4.69) is 10.0 Å². The molecule has 0 amide bonds. The molecule has 0 spiro atoms. The average molecular weight is 177 g/mol. The van der Waals surface area contributed by atoms with Crippen molar-refractivity contribution in [3.8, 4) is 0 Å². The van der Waals surface area contributed by atoms with Crippen molar-refractivity contribution >= 4 is 5.70 Å². The molecule has 0 fully saturated rings. The van der Waals surface area contributed by atoms with Crippen LogP contribution in [0.3, 0.4) is 0 Å². The Morgan fingerprint density at radius 3 is 2.77 bits per heavy atom. The fourth-order valence-corrected chi connectivity index (χ4v) is 0.920. The number of hydrogen-bond acceptors (Lipinski definition) is 3. The van der Waals surface area contributed by atoms with Crippen molar-refractivity contribution in [3.63, 3.8) is 0 Å². The van der Waals surface area contributed by atoms with E-state index in [4.69, 9.17) is 11.1 Å². The summed E-state index contributed by atoms with van der Waals surface area (Å²) in [4.78, 5) is 5.17. The van der Waals surface area contributed by atoms with E-state index in [1.165, 1.54) is 0 Å². The summed E-state index contributed by atoms with van der Waals surface area (Å²) in [6.45, 7) is 8.83. The van der Waals surface area contributed by atoms with E-state index in [1.807, 2.05) is 21.0 Å². The van der Waals surface area contributed by atoms with Crippen LogP contribution >= 0.6 is 0 Å². The van der Waals surface area contributed by atoms with Crippen LogP contribution in [0.5, 0.6) is 0 Å². The summed E-state index contributed by atoms with van der Waals surface area (Å²) in [5.74, 6) is 0.545. The predicted octanol–water partition coefficient (Wildman–Crippen LogP) is 1.76. The van der Waals surface area contributed by atoms with Gasteiger partial charge in [-0.2, -0.15) is 0 Å². The van der Waals surface area contributed by atoms with Crippen molar-refractivity contribution in [2.75, 3.05) is 14.1 Å². The van der Waals surface area contributed by atoms with Gasteiger partial charge in [-0.25, -0.2) is 4.85 Å². The molecule has 0 saturated carbocycles. The van der Waals surface area contributed by atoms with Crippen molar-refractivity contribution in [1.29, 1.82) is 0 Å².